The maximum Gasteiger partial charge on any atom is 0.319 e. The number of carbonyl (C=O) groups excluding carboxylic acids is 2. The molecule has 1 aliphatic heterocycles. The number of aliphatic carboxylic acids is 1. The summed E-state index contributed by atoms with van der Waals surface area (Å²) in [6, 6.07) is -1.12. The molecule has 0 radical (unpaired) electrons. The van der Waals surface area contributed by atoms with E-state index in [1.165, 1.54) is 9.80 Å². The number of nitrogens with two attached hydrogens (primary N) is 1. The first kappa shape index (κ1) is 15.2. The molecule has 108 valence electrons. The minimum absolute atomic E-state index is 0.0954. The van der Waals surface area contributed by atoms with Crippen LogP contribution < -0.4 is 5.73 Å². The molecule has 1 atom stereocenters. The van der Waals surface area contributed by atoms with Crippen molar-refractivity contribution in [3.8, 4) is 0 Å². The van der Waals surface area contributed by atoms with E-state index in [4.69, 9.17) is 10.8 Å². The van der Waals surface area contributed by atoms with Gasteiger partial charge in [-0.05, 0) is 0 Å². The van der Waals surface area contributed by atoms with Crippen LogP contribution in [0.15, 0.2) is 0 Å². The van der Waals surface area contributed by atoms with Crippen molar-refractivity contribution in [3.05, 3.63) is 0 Å². The van der Waals surface area contributed by atoms with E-state index in [0.29, 0.717) is 26.2 Å². The second-order valence-electron chi connectivity index (χ2n) is 4.69. The average Bonchev–Trinajstić information content (AvgIpc) is 2.36. The van der Waals surface area contributed by atoms with Gasteiger partial charge in [0, 0.05) is 40.3 Å². The number of piperazine rings is 1. The lowest BCUT2D eigenvalue weighted by atomic mass is 10.2. The number of hydrogen-bond acceptors (Lipinski definition) is 4. The number of amides is 3. The number of rotatable bonds is 3. The summed E-state index contributed by atoms with van der Waals surface area (Å²) in [4.78, 5) is 38.7. The zero-order valence-corrected chi connectivity index (χ0v) is 11.2. The van der Waals surface area contributed by atoms with Crippen LogP contribution in [0, 0.1) is 0 Å². The number of urea groups is 1. The van der Waals surface area contributed by atoms with Crippen molar-refractivity contribution in [2.75, 3.05) is 40.3 Å². The molecule has 0 aliphatic carbocycles. The summed E-state index contributed by atoms with van der Waals surface area (Å²) in [5.41, 5.74) is 5.53. The quantitative estimate of drug-likeness (QED) is 0.658. The monoisotopic (exact) mass is 272 g/mol. The maximum absolute atomic E-state index is 11.9. The van der Waals surface area contributed by atoms with Gasteiger partial charge in [-0.15, -0.1) is 0 Å². The molecular formula is C11H20N4O4. The van der Waals surface area contributed by atoms with Gasteiger partial charge in [0.1, 0.15) is 0 Å². The van der Waals surface area contributed by atoms with Gasteiger partial charge in [0.25, 0.3) is 0 Å². The topological polar surface area (TPSA) is 107 Å². The van der Waals surface area contributed by atoms with Crippen LogP contribution in [0.25, 0.3) is 0 Å². The van der Waals surface area contributed by atoms with Gasteiger partial charge in [-0.2, -0.15) is 0 Å². The molecule has 8 nitrogen and oxygen atoms in total. The van der Waals surface area contributed by atoms with Gasteiger partial charge >= 0.3 is 12.0 Å². The van der Waals surface area contributed by atoms with Crippen molar-refractivity contribution in [1.29, 1.82) is 0 Å². The van der Waals surface area contributed by atoms with Gasteiger partial charge in [-0.1, -0.05) is 0 Å². The maximum atomic E-state index is 11.9. The fourth-order valence-electron chi connectivity index (χ4n) is 1.91. The molecule has 0 aromatic rings. The van der Waals surface area contributed by atoms with E-state index in [0.717, 1.165) is 0 Å². The Labute approximate surface area is 111 Å². The Balaban J connectivity index is 2.47. The summed E-state index contributed by atoms with van der Waals surface area (Å²) >= 11 is 0. The predicted molar refractivity (Wildman–Crippen MR) is 67.5 cm³/mol. The van der Waals surface area contributed by atoms with Crippen molar-refractivity contribution in [3.63, 3.8) is 0 Å². The first-order valence-corrected chi connectivity index (χ1v) is 6.05. The minimum atomic E-state index is -1.10. The van der Waals surface area contributed by atoms with Crippen LogP contribution >= 0.6 is 0 Å². The summed E-state index contributed by atoms with van der Waals surface area (Å²) in [6.45, 7) is 1.63. The fourth-order valence-corrected chi connectivity index (χ4v) is 1.91. The zero-order chi connectivity index (χ0) is 14.6. The smallest absolute Gasteiger partial charge is 0.319 e. The van der Waals surface area contributed by atoms with E-state index in [1.54, 1.807) is 19.0 Å². The Bertz CT molecular complexity index is 364. The highest BCUT2D eigenvalue weighted by Gasteiger charge is 2.28. The number of hydrogen-bond donors (Lipinski definition) is 2. The van der Waals surface area contributed by atoms with Gasteiger partial charge in [0.2, 0.25) is 5.91 Å². The molecule has 3 N–H and O–H groups in total. The Hall–Kier alpha value is -1.83. The van der Waals surface area contributed by atoms with Crippen LogP contribution in [0.4, 0.5) is 4.79 Å². The fraction of sp³-hybridized carbons (Fsp3) is 0.727. The largest absolute Gasteiger partial charge is 0.481 e. The van der Waals surface area contributed by atoms with Crippen LogP contribution in [0.1, 0.15) is 6.42 Å². The molecule has 0 aromatic carbocycles. The van der Waals surface area contributed by atoms with Gasteiger partial charge < -0.3 is 25.5 Å². The van der Waals surface area contributed by atoms with E-state index < -0.39 is 12.0 Å². The molecule has 0 bridgehead atoms. The summed E-state index contributed by atoms with van der Waals surface area (Å²) < 4.78 is 0. The highest BCUT2D eigenvalue weighted by atomic mass is 16.4. The Morgan fingerprint density at radius 3 is 2.05 bits per heavy atom. The third-order valence-electron chi connectivity index (χ3n) is 2.96. The lowest BCUT2D eigenvalue weighted by Gasteiger charge is -2.36. The van der Waals surface area contributed by atoms with E-state index in [1.807, 2.05) is 0 Å². The molecule has 8 heteroatoms. The second kappa shape index (κ2) is 6.37. The molecule has 1 saturated heterocycles. The van der Waals surface area contributed by atoms with Gasteiger partial charge in [-0.25, -0.2) is 4.79 Å². The van der Waals surface area contributed by atoms with E-state index >= 15 is 0 Å². The van der Waals surface area contributed by atoms with E-state index in [-0.39, 0.29) is 18.4 Å². The summed E-state index contributed by atoms with van der Waals surface area (Å²) in [5, 5.41) is 8.60. The summed E-state index contributed by atoms with van der Waals surface area (Å²) in [6.07, 6.45) is -0.379. The first-order valence-electron chi connectivity index (χ1n) is 6.05. The SMILES string of the molecule is CN(C)C(=O)N1CCN(C(=O)C(N)CC(=O)O)CC1. The molecule has 0 saturated carbocycles. The molecule has 19 heavy (non-hydrogen) atoms. The van der Waals surface area contributed by atoms with Crippen molar-refractivity contribution in [1.82, 2.24) is 14.7 Å². The van der Waals surface area contributed by atoms with Gasteiger partial charge in [-0.3, -0.25) is 9.59 Å². The number of carboxylic acid groups (broad SMARTS) is 1. The van der Waals surface area contributed by atoms with Gasteiger partial charge in [0.15, 0.2) is 0 Å². The molecule has 3 amide bonds. The standard InChI is InChI=1S/C11H20N4O4/c1-13(2)11(19)15-5-3-14(4-6-15)10(18)8(12)7-9(16)17/h8H,3-7,12H2,1-2H3,(H,16,17). The Kier molecular flexibility index (Phi) is 5.11. The molecule has 1 aliphatic rings. The highest BCUT2D eigenvalue weighted by molar-refractivity contribution is 5.86. The van der Waals surface area contributed by atoms with Crippen LogP contribution in [0.5, 0.6) is 0 Å². The lowest BCUT2D eigenvalue weighted by molar-refractivity contribution is -0.142. The number of nitrogens with zero attached hydrogens (tertiary/aromatic N) is 3. The van der Waals surface area contributed by atoms with Crippen LogP contribution in [0.2, 0.25) is 0 Å². The highest BCUT2D eigenvalue weighted by Crippen LogP contribution is 2.06. The zero-order valence-electron chi connectivity index (χ0n) is 11.2. The Morgan fingerprint density at radius 1 is 1.16 bits per heavy atom. The van der Waals surface area contributed by atoms with E-state index in [2.05, 4.69) is 0 Å². The van der Waals surface area contributed by atoms with Crippen LogP contribution in [0.3, 0.4) is 0 Å². The minimum Gasteiger partial charge on any atom is -0.481 e. The van der Waals surface area contributed by atoms with Crippen LogP contribution in [-0.2, 0) is 9.59 Å². The molecule has 1 fully saturated rings. The van der Waals surface area contributed by atoms with Crippen molar-refractivity contribution < 1.29 is 19.5 Å². The molecule has 0 aromatic heterocycles. The number of carbonyl (C=O) groups is 3. The lowest BCUT2D eigenvalue weighted by Crippen LogP contribution is -2.56. The first-order chi connectivity index (χ1) is 8.82. The van der Waals surface area contributed by atoms with Crippen molar-refractivity contribution in [2.24, 2.45) is 5.73 Å². The second-order valence-corrected chi connectivity index (χ2v) is 4.69. The van der Waals surface area contributed by atoms with E-state index in [9.17, 15) is 14.4 Å². The summed E-state index contributed by atoms with van der Waals surface area (Å²) in [5.74, 6) is -1.47. The Morgan fingerprint density at radius 2 is 1.63 bits per heavy atom. The summed E-state index contributed by atoms with van der Waals surface area (Å²) in [7, 11) is 3.34. The average molecular weight is 272 g/mol. The van der Waals surface area contributed by atoms with Crippen LogP contribution in [-0.4, -0.2) is 84.0 Å². The third-order valence-corrected chi connectivity index (χ3v) is 2.96. The molecule has 1 unspecified atom stereocenters. The normalized spacial score (nSPS) is 17.0. The molecule has 1 heterocycles. The van der Waals surface area contributed by atoms with Gasteiger partial charge in [0.05, 0.1) is 12.5 Å². The number of carboxylic acids is 1. The third kappa shape index (κ3) is 4.09. The molecular weight excluding hydrogens is 252 g/mol. The molecule has 1 rings (SSSR count). The predicted octanol–water partition coefficient (Wildman–Crippen LogP) is -1.39. The molecule has 0 spiro atoms. The van der Waals surface area contributed by atoms with Crippen molar-refractivity contribution >= 4 is 17.9 Å². The van der Waals surface area contributed by atoms with Crippen molar-refractivity contribution in [2.45, 2.75) is 12.5 Å².